The number of carbonyl (C=O) groups is 1. The van der Waals surface area contributed by atoms with Gasteiger partial charge in [0.25, 0.3) is 0 Å². The molecular formula is C19H20N4O4. The van der Waals surface area contributed by atoms with Crippen molar-refractivity contribution in [3.05, 3.63) is 42.2 Å². The van der Waals surface area contributed by atoms with Crippen molar-refractivity contribution in [1.82, 2.24) is 20.0 Å². The van der Waals surface area contributed by atoms with Crippen molar-refractivity contribution in [1.29, 1.82) is 0 Å². The first-order valence-corrected chi connectivity index (χ1v) is 8.87. The minimum atomic E-state index is -0.114. The highest BCUT2D eigenvalue weighted by atomic mass is 16.5. The van der Waals surface area contributed by atoms with Crippen LogP contribution in [0.2, 0.25) is 0 Å². The van der Waals surface area contributed by atoms with Crippen LogP contribution in [0.5, 0.6) is 11.9 Å². The van der Waals surface area contributed by atoms with Gasteiger partial charge in [-0.3, -0.25) is 4.79 Å². The molecule has 1 atom stereocenters. The molecule has 1 unspecified atom stereocenters. The van der Waals surface area contributed by atoms with E-state index >= 15 is 0 Å². The number of methoxy groups -OCH3 is 1. The number of ether oxygens (including phenoxy) is 2. The summed E-state index contributed by atoms with van der Waals surface area (Å²) in [4.78, 5) is 22.7. The molecule has 8 nitrogen and oxygen atoms in total. The summed E-state index contributed by atoms with van der Waals surface area (Å²) >= 11 is 0. The molecule has 1 fully saturated rings. The molecule has 4 rings (SSSR count). The Hall–Kier alpha value is -3.16. The maximum absolute atomic E-state index is 12.8. The fourth-order valence-corrected chi connectivity index (χ4v) is 3.24. The third kappa shape index (κ3) is 3.84. The van der Waals surface area contributed by atoms with Gasteiger partial charge < -0.3 is 18.9 Å². The second kappa shape index (κ2) is 7.61. The van der Waals surface area contributed by atoms with Crippen molar-refractivity contribution < 1.29 is 18.8 Å². The average molecular weight is 368 g/mol. The molecule has 27 heavy (non-hydrogen) atoms. The van der Waals surface area contributed by atoms with Crippen LogP contribution in [-0.4, -0.2) is 52.2 Å². The van der Waals surface area contributed by atoms with Gasteiger partial charge in [-0.1, -0.05) is 17.3 Å². The number of hydrogen-bond acceptors (Lipinski definition) is 7. The number of benzene rings is 1. The van der Waals surface area contributed by atoms with Crippen LogP contribution in [0.3, 0.4) is 0 Å². The Bertz CT molecular complexity index is 942. The van der Waals surface area contributed by atoms with Gasteiger partial charge in [-0.15, -0.1) is 0 Å². The normalized spacial score (nSPS) is 17.1. The Kier molecular flexibility index (Phi) is 4.86. The van der Waals surface area contributed by atoms with E-state index in [1.54, 1.807) is 12.3 Å². The largest absolute Gasteiger partial charge is 0.472 e. The van der Waals surface area contributed by atoms with Gasteiger partial charge in [-0.05, 0) is 25.0 Å². The highest BCUT2D eigenvalue weighted by Crippen LogP contribution is 2.21. The van der Waals surface area contributed by atoms with Crippen molar-refractivity contribution in [2.75, 3.05) is 20.2 Å². The van der Waals surface area contributed by atoms with E-state index in [1.165, 1.54) is 7.11 Å². The monoisotopic (exact) mass is 368 g/mol. The summed E-state index contributed by atoms with van der Waals surface area (Å²) < 4.78 is 16.2. The molecule has 1 aromatic carbocycles. The number of para-hydroxylation sites is 1. The molecule has 1 saturated heterocycles. The van der Waals surface area contributed by atoms with E-state index in [-0.39, 0.29) is 24.4 Å². The third-order valence-corrected chi connectivity index (χ3v) is 4.58. The fourth-order valence-electron chi connectivity index (χ4n) is 3.24. The summed E-state index contributed by atoms with van der Waals surface area (Å²) in [5.41, 5.74) is 1.36. The highest BCUT2D eigenvalue weighted by Gasteiger charge is 2.26. The van der Waals surface area contributed by atoms with Crippen molar-refractivity contribution in [2.24, 2.45) is 0 Å². The molecule has 8 heteroatoms. The lowest BCUT2D eigenvalue weighted by Gasteiger charge is -2.32. The van der Waals surface area contributed by atoms with Crippen molar-refractivity contribution in [3.8, 4) is 11.9 Å². The van der Waals surface area contributed by atoms with Crippen LogP contribution >= 0.6 is 0 Å². The van der Waals surface area contributed by atoms with Crippen LogP contribution < -0.4 is 9.47 Å². The predicted octanol–water partition coefficient (Wildman–Crippen LogP) is 2.24. The zero-order valence-electron chi connectivity index (χ0n) is 15.0. The maximum atomic E-state index is 12.8. The zero-order valence-corrected chi connectivity index (χ0v) is 15.0. The lowest BCUT2D eigenvalue weighted by atomic mass is 10.1. The van der Waals surface area contributed by atoms with Gasteiger partial charge in [0.2, 0.25) is 11.8 Å². The first kappa shape index (κ1) is 17.3. The van der Waals surface area contributed by atoms with Gasteiger partial charge in [-0.25, -0.2) is 4.98 Å². The molecule has 2 aromatic heterocycles. The quantitative estimate of drug-likeness (QED) is 0.682. The third-order valence-electron chi connectivity index (χ3n) is 4.58. The number of aromatic nitrogens is 3. The first-order chi connectivity index (χ1) is 13.2. The summed E-state index contributed by atoms with van der Waals surface area (Å²) in [5.74, 6) is 0.464. The van der Waals surface area contributed by atoms with E-state index in [0.717, 1.165) is 18.2 Å². The summed E-state index contributed by atoms with van der Waals surface area (Å²) in [6.07, 6.45) is 3.42. The second-order valence-corrected chi connectivity index (χ2v) is 6.41. The Morgan fingerprint density at radius 1 is 1.33 bits per heavy atom. The summed E-state index contributed by atoms with van der Waals surface area (Å²) in [7, 11) is 1.51. The topological polar surface area (TPSA) is 90.6 Å². The van der Waals surface area contributed by atoms with Crippen molar-refractivity contribution in [2.45, 2.75) is 25.4 Å². The number of fused-ring (bicyclic) bond motifs is 1. The lowest BCUT2D eigenvalue weighted by Crippen LogP contribution is -2.45. The number of piperidine rings is 1. The molecule has 0 saturated carbocycles. The molecule has 1 aliphatic rings. The van der Waals surface area contributed by atoms with Crippen LogP contribution in [0.15, 0.2) is 41.1 Å². The Morgan fingerprint density at radius 2 is 2.22 bits per heavy atom. The van der Waals surface area contributed by atoms with E-state index < -0.39 is 0 Å². The fraction of sp³-hybridized carbons (Fsp3) is 0.368. The molecule has 3 heterocycles. The van der Waals surface area contributed by atoms with Crippen LogP contribution in [0.4, 0.5) is 0 Å². The van der Waals surface area contributed by atoms with Crippen molar-refractivity contribution in [3.63, 3.8) is 0 Å². The SMILES string of the molecule is COc1nccc(OC2CCCN(C(=O)Cc3noc4ccccc34)C2)n1. The van der Waals surface area contributed by atoms with E-state index in [1.807, 2.05) is 29.2 Å². The maximum Gasteiger partial charge on any atom is 0.319 e. The summed E-state index contributed by atoms with van der Waals surface area (Å²) in [6, 6.07) is 9.50. The van der Waals surface area contributed by atoms with Gasteiger partial charge in [0.05, 0.1) is 20.1 Å². The molecule has 3 aromatic rings. The van der Waals surface area contributed by atoms with Crippen molar-refractivity contribution >= 4 is 16.9 Å². The predicted molar refractivity (Wildman–Crippen MR) is 96.5 cm³/mol. The van der Waals surface area contributed by atoms with E-state index in [9.17, 15) is 4.79 Å². The number of hydrogen-bond donors (Lipinski definition) is 0. The smallest absolute Gasteiger partial charge is 0.319 e. The van der Waals surface area contributed by atoms with Crippen LogP contribution in [0.1, 0.15) is 18.5 Å². The van der Waals surface area contributed by atoms with Gasteiger partial charge in [0.15, 0.2) is 5.58 Å². The van der Waals surface area contributed by atoms with Crippen LogP contribution in [-0.2, 0) is 11.2 Å². The Balaban J connectivity index is 1.40. The summed E-state index contributed by atoms with van der Waals surface area (Å²) in [5, 5.41) is 4.93. The minimum absolute atomic E-state index is 0.0163. The molecule has 1 amide bonds. The highest BCUT2D eigenvalue weighted by molar-refractivity contribution is 5.86. The number of carbonyl (C=O) groups excluding carboxylic acids is 1. The van der Waals surface area contributed by atoms with Crippen LogP contribution in [0.25, 0.3) is 11.0 Å². The lowest BCUT2D eigenvalue weighted by molar-refractivity contribution is -0.133. The molecule has 140 valence electrons. The van der Waals surface area contributed by atoms with Gasteiger partial charge in [0, 0.05) is 24.2 Å². The van der Waals surface area contributed by atoms with Gasteiger partial charge in [-0.2, -0.15) is 4.98 Å². The van der Waals surface area contributed by atoms with E-state index in [2.05, 4.69) is 15.1 Å². The van der Waals surface area contributed by atoms with Gasteiger partial charge >= 0.3 is 6.01 Å². The van der Waals surface area contributed by atoms with E-state index in [4.69, 9.17) is 14.0 Å². The number of amides is 1. The molecule has 0 aliphatic carbocycles. The molecule has 0 N–H and O–H groups in total. The first-order valence-electron chi connectivity index (χ1n) is 8.87. The molecule has 0 bridgehead atoms. The molecule has 0 radical (unpaired) electrons. The molecule has 1 aliphatic heterocycles. The summed E-state index contributed by atoms with van der Waals surface area (Å²) in [6.45, 7) is 1.22. The average Bonchev–Trinajstić information content (AvgIpc) is 3.11. The van der Waals surface area contributed by atoms with E-state index in [0.29, 0.717) is 30.2 Å². The zero-order chi connectivity index (χ0) is 18.6. The number of rotatable bonds is 5. The standard InChI is InChI=1S/C19H20N4O4/c1-25-19-20-9-8-17(21-19)26-13-5-4-10-23(12-13)18(24)11-15-14-6-2-3-7-16(14)27-22-15/h2-3,6-9,13H,4-5,10-12H2,1H3. The Labute approximate surface area is 156 Å². The number of nitrogens with zero attached hydrogens (tertiary/aromatic N) is 4. The molecular weight excluding hydrogens is 348 g/mol. The minimum Gasteiger partial charge on any atom is -0.472 e. The Morgan fingerprint density at radius 3 is 3.11 bits per heavy atom. The second-order valence-electron chi connectivity index (χ2n) is 6.41. The van der Waals surface area contributed by atoms with Crippen LogP contribution in [0, 0.1) is 0 Å². The number of likely N-dealkylation sites (tertiary alicyclic amines) is 1. The molecule has 0 spiro atoms. The van der Waals surface area contributed by atoms with Gasteiger partial charge in [0.1, 0.15) is 11.8 Å².